The summed E-state index contributed by atoms with van der Waals surface area (Å²) in [6.45, 7) is 3.02. The fourth-order valence-electron chi connectivity index (χ4n) is 3.41. The van der Waals surface area contributed by atoms with E-state index in [4.69, 9.17) is 4.74 Å². The minimum Gasteiger partial charge on any atom is -0.491 e. The van der Waals surface area contributed by atoms with Crippen LogP contribution in [0.5, 0.6) is 5.75 Å². The molecular formula is C18H21NOS. The van der Waals surface area contributed by atoms with Crippen LogP contribution in [0.3, 0.4) is 0 Å². The molecule has 1 aliphatic heterocycles. The first-order chi connectivity index (χ1) is 10.3. The molecule has 0 amide bonds. The molecule has 2 aromatic rings. The Labute approximate surface area is 130 Å². The van der Waals surface area contributed by atoms with E-state index < -0.39 is 0 Å². The summed E-state index contributed by atoms with van der Waals surface area (Å²) in [5.74, 6) is 1.03. The standard InChI is InChI=1S/C18H21NOS/c1-12(18-10-13-6-2-5-9-17(13)21-18)19-15-11-20-16-8-4-3-7-14(15)16/h3-4,7-8,10,12,15,19H,2,5-6,9,11H2,1H3. The fraction of sp³-hybridized carbons (Fsp3) is 0.444. The summed E-state index contributed by atoms with van der Waals surface area (Å²) in [4.78, 5) is 3.10. The zero-order valence-corrected chi connectivity index (χ0v) is 13.2. The van der Waals surface area contributed by atoms with E-state index >= 15 is 0 Å². The molecule has 0 saturated carbocycles. The van der Waals surface area contributed by atoms with Crippen molar-refractivity contribution in [1.29, 1.82) is 0 Å². The Hall–Kier alpha value is -1.32. The zero-order chi connectivity index (χ0) is 14.2. The van der Waals surface area contributed by atoms with Gasteiger partial charge in [-0.15, -0.1) is 11.3 Å². The number of benzene rings is 1. The Balaban J connectivity index is 1.51. The van der Waals surface area contributed by atoms with Gasteiger partial charge in [0.2, 0.25) is 0 Å². The number of fused-ring (bicyclic) bond motifs is 2. The molecule has 2 atom stereocenters. The van der Waals surface area contributed by atoms with Crippen LogP contribution in [-0.4, -0.2) is 6.61 Å². The Morgan fingerprint density at radius 3 is 3.00 bits per heavy atom. The maximum atomic E-state index is 5.77. The van der Waals surface area contributed by atoms with E-state index in [-0.39, 0.29) is 0 Å². The second kappa shape index (κ2) is 5.47. The van der Waals surface area contributed by atoms with Crippen LogP contribution in [0.15, 0.2) is 30.3 Å². The molecule has 1 N–H and O–H groups in total. The van der Waals surface area contributed by atoms with Gasteiger partial charge in [-0.05, 0) is 50.3 Å². The van der Waals surface area contributed by atoms with Gasteiger partial charge >= 0.3 is 0 Å². The average molecular weight is 299 g/mol. The van der Waals surface area contributed by atoms with Crippen molar-refractivity contribution in [2.24, 2.45) is 0 Å². The highest BCUT2D eigenvalue weighted by Crippen LogP contribution is 2.36. The van der Waals surface area contributed by atoms with Gasteiger partial charge in [0.05, 0.1) is 6.04 Å². The predicted octanol–water partition coefficient (Wildman–Crippen LogP) is 4.41. The second-order valence-corrected chi connectivity index (χ2v) is 7.26. The van der Waals surface area contributed by atoms with Crippen LogP contribution in [0.25, 0.3) is 0 Å². The van der Waals surface area contributed by atoms with E-state index in [1.165, 1.54) is 36.1 Å². The third kappa shape index (κ3) is 2.49. The minimum absolute atomic E-state index is 0.315. The molecule has 110 valence electrons. The maximum absolute atomic E-state index is 5.77. The van der Waals surface area contributed by atoms with Crippen molar-refractivity contribution in [1.82, 2.24) is 5.32 Å². The lowest BCUT2D eigenvalue weighted by molar-refractivity contribution is 0.301. The molecule has 4 rings (SSSR count). The first kappa shape index (κ1) is 13.4. The predicted molar refractivity (Wildman–Crippen MR) is 87.2 cm³/mol. The summed E-state index contributed by atoms with van der Waals surface area (Å²) in [6.07, 6.45) is 5.27. The molecule has 0 spiro atoms. The molecule has 2 aliphatic rings. The SMILES string of the molecule is CC(NC1COc2ccccc21)c1cc2c(s1)CCCC2. The number of rotatable bonds is 3. The zero-order valence-electron chi connectivity index (χ0n) is 12.4. The summed E-state index contributed by atoms with van der Waals surface area (Å²) in [5.41, 5.74) is 2.89. The first-order valence-corrected chi connectivity index (χ1v) is 8.72. The highest BCUT2D eigenvalue weighted by molar-refractivity contribution is 7.12. The van der Waals surface area contributed by atoms with E-state index in [0.29, 0.717) is 12.1 Å². The van der Waals surface area contributed by atoms with Crippen molar-refractivity contribution in [3.05, 3.63) is 51.2 Å². The van der Waals surface area contributed by atoms with Gasteiger partial charge in [0, 0.05) is 21.4 Å². The highest BCUT2D eigenvalue weighted by atomic mass is 32.1. The summed E-state index contributed by atoms with van der Waals surface area (Å²) in [6, 6.07) is 11.5. The van der Waals surface area contributed by atoms with Crippen molar-refractivity contribution in [2.75, 3.05) is 6.61 Å². The van der Waals surface area contributed by atoms with Crippen LogP contribution >= 0.6 is 11.3 Å². The van der Waals surface area contributed by atoms with Crippen LogP contribution in [0.1, 0.15) is 52.7 Å². The molecule has 0 saturated heterocycles. The lowest BCUT2D eigenvalue weighted by Gasteiger charge is -2.17. The molecule has 0 radical (unpaired) electrons. The van der Waals surface area contributed by atoms with Gasteiger partial charge in [-0.25, -0.2) is 0 Å². The Morgan fingerprint density at radius 2 is 2.10 bits per heavy atom. The lowest BCUT2D eigenvalue weighted by atomic mass is 9.99. The third-order valence-electron chi connectivity index (χ3n) is 4.59. The molecule has 21 heavy (non-hydrogen) atoms. The van der Waals surface area contributed by atoms with E-state index in [2.05, 4.69) is 36.5 Å². The van der Waals surface area contributed by atoms with Crippen molar-refractivity contribution in [3.63, 3.8) is 0 Å². The lowest BCUT2D eigenvalue weighted by Crippen LogP contribution is -2.25. The molecule has 0 bridgehead atoms. The van der Waals surface area contributed by atoms with E-state index in [1.54, 1.807) is 10.4 Å². The Bertz CT molecular complexity index is 625. The quantitative estimate of drug-likeness (QED) is 0.906. The maximum Gasteiger partial charge on any atom is 0.124 e. The number of hydrogen-bond donors (Lipinski definition) is 1. The van der Waals surface area contributed by atoms with Crippen LogP contribution < -0.4 is 10.1 Å². The summed E-state index contributed by atoms with van der Waals surface area (Å²) >= 11 is 2.00. The molecule has 2 heterocycles. The van der Waals surface area contributed by atoms with E-state index in [9.17, 15) is 0 Å². The number of aryl methyl sites for hydroxylation is 2. The normalized spacial score (nSPS) is 21.5. The summed E-state index contributed by atoms with van der Waals surface area (Å²) in [7, 11) is 0. The fourth-order valence-corrected chi connectivity index (χ4v) is 4.68. The second-order valence-electron chi connectivity index (χ2n) is 6.09. The molecule has 1 aromatic heterocycles. The molecule has 1 aromatic carbocycles. The van der Waals surface area contributed by atoms with Crippen molar-refractivity contribution >= 4 is 11.3 Å². The van der Waals surface area contributed by atoms with Crippen molar-refractivity contribution in [3.8, 4) is 5.75 Å². The van der Waals surface area contributed by atoms with Gasteiger partial charge in [0.15, 0.2) is 0 Å². The van der Waals surface area contributed by atoms with Gasteiger partial charge in [-0.2, -0.15) is 0 Å². The number of thiophene rings is 1. The van der Waals surface area contributed by atoms with Gasteiger partial charge in [-0.1, -0.05) is 18.2 Å². The third-order valence-corrected chi connectivity index (χ3v) is 6.01. The van der Waals surface area contributed by atoms with Crippen LogP contribution in [0, 0.1) is 0 Å². The Morgan fingerprint density at radius 1 is 1.24 bits per heavy atom. The van der Waals surface area contributed by atoms with Crippen LogP contribution in [0.4, 0.5) is 0 Å². The van der Waals surface area contributed by atoms with Gasteiger partial charge in [-0.3, -0.25) is 5.32 Å². The molecule has 1 aliphatic carbocycles. The van der Waals surface area contributed by atoms with Crippen molar-refractivity contribution in [2.45, 2.75) is 44.7 Å². The largest absolute Gasteiger partial charge is 0.491 e. The van der Waals surface area contributed by atoms with Gasteiger partial charge < -0.3 is 4.74 Å². The minimum atomic E-state index is 0.315. The molecule has 0 fully saturated rings. The van der Waals surface area contributed by atoms with Crippen LogP contribution in [-0.2, 0) is 12.8 Å². The molecular weight excluding hydrogens is 278 g/mol. The Kier molecular flexibility index (Phi) is 3.48. The monoisotopic (exact) mass is 299 g/mol. The van der Waals surface area contributed by atoms with Crippen molar-refractivity contribution < 1.29 is 4.74 Å². The number of nitrogens with one attached hydrogen (secondary N) is 1. The van der Waals surface area contributed by atoms with E-state index in [1.807, 2.05) is 17.4 Å². The van der Waals surface area contributed by atoms with Gasteiger partial charge in [0.25, 0.3) is 0 Å². The number of para-hydroxylation sites is 1. The number of hydrogen-bond acceptors (Lipinski definition) is 3. The average Bonchev–Trinajstić information content (AvgIpc) is 3.11. The first-order valence-electron chi connectivity index (χ1n) is 7.90. The topological polar surface area (TPSA) is 21.3 Å². The van der Waals surface area contributed by atoms with Gasteiger partial charge in [0.1, 0.15) is 12.4 Å². The molecule has 3 heteroatoms. The van der Waals surface area contributed by atoms with Crippen LogP contribution in [0.2, 0.25) is 0 Å². The summed E-state index contributed by atoms with van der Waals surface area (Å²) < 4.78 is 5.77. The highest BCUT2D eigenvalue weighted by Gasteiger charge is 2.26. The number of ether oxygens (including phenoxy) is 1. The molecule has 2 unspecified atom stereocenters. The smallest absolute Gasteiger partial charge is 0.124 e. The molecule has 2 nitrogen and oxygen atoms in total. The summed E-state index contributed by atoms with van der Waals surface area (Å²) in [5, 5.41) is 3.75. The van der Waals surface area contributed by atoms with E-state index in [0.717, 1.165) is 12.4 Å².